The Morgan fingerprint density at radius 3 is 2.95 bits per heavy atom. The minimum atomic E-state index is -0.396. The zero-order valence-corrected chi connectivity index (χ0v) is 13.3. The van der Waals surface area contributed by atoms with E-state index >= 15 is 0 Å². The van der Waals surface area contributed by atoms with Gasteiger partial charge in [-0.3, -0.25) is 10.1 Å². The topological polar surface area (TPSA) is 71.3 Å². The highest BCUT2D eigenvalue weighted by atomic mass is 79.9. The fourth-order valence-corrected chi connectivity index (χ4v) is 3.13. The molecule has 1 unspecified atom stereocenters. The zero-order valence-electron chi connectivity index (χ0n) is 11.7. The lowest BCUT2D eigenvalue weighted by molar-refractivity contribution is -0.385. The molecule has 2 rings (SSSR count). The highest BCUT2D eigenvalue weighted by molar-refractivity contribution is 9.10. The number of nitrogens with zero attached hydrogens (tertiary/aromatic N) is 3. The highest BCUT2D eigenvalue weighted by Crippen LogP contribution is 2.33. The van der Waals surface area contributed by atoms with Crippen LogP contribution in [0.2, 0.25) is 0 Å². The van der Waals surface area contributed by atoms with E-state index in [4.69, 9.17) is 0 Å². The van der Waals surface area contributed by atoms with Crippen molar-refractivity contribution >= 4 is 27.4 Å². The zero-order chi connectivity index (χ0) is 14.7. The van der Waals surface area contributed by atoms with Gasteiger partial charge in [-0.1, -0.05) is 0 Å². The molecule has 0 aromatic carbocycles. The standard InChI is InChI=1S/C13H19BrN4O2/c1-9-11(18(19)20)8-16-13(12(9)14)17(2)10-4-3-6-15-7-5-10/h8,10,15H,3-7H2,1-2H3. The molecule has 1 saturated heterocycles. The molecule has 1 fully saturated rings. The molecule has 110 valence electrons. The van der Waals surface area contributed by atoms with Crippen molar-refractivity contribution in [3.05, 3.63) is 26.3 Å². The van der Waals surface area contributed by atoms with Crippen molar-refractivity contribution in [2.75, 3.05) is 25.0 Å². The van der Waals surface area contributed by atoms with Crippen LogP contribution in [0, 0.1) is 17.0 Å². The summed E-state index contributed by atoms with van der Waals surface area (Å²) < 4.78 is 0.714. The van der Waals surface area contributed by atoms with Crippen LogP contribution in [0.3, 0.4) is 0 Å². The number of aromatic nitrogens is 1. The fraction of sp³-hybridized carbons (Fsp3) is 0.615. The Morgan fingerprint density at radius 2 is 2.25 bits per heavy atom. The van der Waals surface area contributed by atoms with Crippen LogP contribution in [0.1, 0.15) is 24.8 Å². The van der Waals surface area contributed by atoms with E-state index in [0.29, 0.717) is 16.1 Å². The van der Waals surface area contributed by atoms with Gasteiger partial charge in [-0.15, -0.1) is 0 Å². The van der Waals surface area contributed by atoms with E-state index in [0.717, 1.165) is 38.2 Å². The summed E-state index contributed by atoms with van der Waals surface area (Å²) in [7, 11) is 2.01. The Hall–Kier alpha value is -1.21. The molecule has 1 N–H and O–H groups in total. The molecule has 20 heavy (non-hydrogen) atoms. The van der Waals surface area contributed by atoms with Gasteiger partial charge < -0.3 is 10.2 Å². The molecule has 7 heteroatoms. The predicted molar refractivity (Wildman–Crippen MR) is 82.2 cm³/mol. The molecular formula is C13H19BrN4O2. The van der Waals surface area contributed by atoms with Gasteiger partial charge in [-0.05, 0) is 55.2 Å². The van der Waals surface area contributed by atoms with E-state index in [1.54, 1.807) is 6.92 Å². The summed E-state index contributed by atoms with van der Waals surface area (Å²) in [4.78, 5) is 16.9. The van der Waals surface area contributed by atoms with E-state index in [1.807, 2.05) is 7.05 Å². The van der Waals surface area contributed by atoms with Crippen LogP contribution in [-0.2, 0) is 0 Å². The Balaban J connectivity index is 2.27. The Morgan fingerprint density at radius 1 is 1.50 bits per heavy atom. The summed E-state index contributed by atoms with van der Waals surface area (Å²) in [5.41, 5.74) is 0.676. The van der Waals surface area contributed by atoms with Crippen molar-refractivity contribution < 1.29 is 4.92 Å². The van der Waals surface area contributed by atoms with Crippen LogP contribution >= 0.6 is 15.9 Å². The van der Waals surface area contributed by atoms with Crippen molar-refractivity contribution in [1.29, 1.82) is 0 Å². The van der Waals surface area contributed by atoms with Crippen LogP contribution in [0.25, 0.3) is 0 Å². The third kappa shape index (κ3) is 3.09. The lowest BCUT2D eigenvalue weighted by atomic mass is 10.1. The number of nitrogens with one attached hydrogen (secondary N) is 1. The molecular weight excluding hydrogens is 324 g/mol. The first-order valence-electron chi connectivity index (χ1n) is 6.75. The van der Waals surface area contributed by atoms with Gasteiger partial charge in [-0.25, -0.2) is 4.98 Å². The third-order valence-corrected chi connectivity index (χ3v) is 4.79. The van der Waals surface area contributed by atoms with E-state index in [1.165, 1.54) is 6.20 Å². The number of hydrogen-bond acceptors (Lipinski definition) is 5. The number of pyridine rings is 1. The molecule has 0 radical (unpaired) electrons. The quantitative estimate of drug-likeness (QED) is 0.675. The summed E-state index contributed by atoms with van der Waals surface area (Å²) in [6.07, 6.45) is 4.65. The first-order chi connectivity index (χ1) is 9.52. The van der Waals surface area contributed by atoms with Crippen LogP contribution in [0.5, 0.6) is 0 Å². The molecule has 1 aromatic rings. The summed E-state index contributed by atoms with van der Waals surface area (Å²) in [6.45, 7) is 3.80. The normalized spacial score (nSPS) is 19.4. The van der Waals surface area contributed by atoms with Crippen molar-refractivity contribution in [2.24, 2.45) is 0 Å². The van der Waals surface area contributed by atoms with Crippen LogP contribution < -0.4 is 10.2 Å². The Labute approximate surface area is 126 Å². The molecule has 1 aliphatic heterocycles. The van der Waals surface area contributed by atoms with Gasteiger partial charge in [0.1, 0.15) is 12.0 Å². The summed E-state index contributed by atoms with van der Waals surface area (Å²) >= 11 is 3.46. The van der Waals surface area contributed by atoms with Gasteiger partial charge in [0.2, 0.25) is 0 Å². The van der Waals surface area contributed by atoms with Crippen molar-refractivity contribution in [3.8, 4) is 0 Å². The minimum Gasteiger partial charge on any atom is -0.356 e. The number of anilines is 1. The second-order valence-corrected chi connectivity index (χ2v) is 5.90. The van der Waals surface area contributed by atoms with Crippen molar-refractivity contribution in [1.82, 2.24) is 10.3 Å². The maximum absolute atomic E-state index is 10.9. The molecule has 1 atom stereocenters. The smallest absolute Gasteiger partial charge is 0.291 e. The molecule has 1 aliphatic rings. The maximum atomic E-state index is 10.9. The second-order valence-electron chi connectivity index (χ2n) is 5.11. The van der Waals surface area contributed by atoms with Crippen LogP contribution in [0.15, 0.2) is 10.7 Å². The average molecular weight is 343 g/mol. The number of rotatable bonds is 3. The summed E-state index contributed by atoms with van der Waals surface area (Å²) in [5, 5.41) is 14.3. The molecule has 0 amide bonds. The average Bonchev–Trinajstić information content (AvgIpc) is 2.69. The largest absolute Gasteiger partial charge is 0.356 e. The minimum absolute atomic E-state index is 0.0524. The molecule has 0 bridgehead atoms. The second kappa shape index (κ2) is 6.49. The number of halogens is 1. The van der Waals surface area contributed by atoms with E-state index in [2.05, 4.69) is 31.1 Å². The van der Waals surface area contributed by atoms with Gasteiger partial charge in [0.15, 0.2) is 0 Å². The lowest BCUT2D eigenvalue weighted by Gasteiger charge is -2.29. The van der Waals surface area contributed by atoms with E-state index in [-0.39, 0.29) is 5.69 Å². The van der Waals surface area contributed by atoms with Crippen LogP contribution in [-0.4, -0.2) is 36.1 Å². The molecule has 2 heterocycles. The molecule has 0 aliphatic carbocycles. The molecule has 1 aromatic heterocycles. The summed E-state index contributed by atoms with van der Waals surface area (Å²) in [6, 6.07) is 0.412. The number of hydrogen-bond donors (Lipinski definition) is 1. The first kappa shape index (κ1) is 15.2. The van der Waals surface area contributed by atoms with Gasteiger partial charge in [0.25, 0.3) is 5.69 Å². The van der Waals surface area contributed by atoms with Crippen molar-refractivity contribution in [2.45, 2.75) is 32.2 Å². The highest BCUT2D eigenvalue weighted by Gasteiger charge is 2.23. The van der Waals surface area contributed by atoms with Gasteiger partial charge in [0.05, 0.1) is 9.40 Å². The van der Waals surface area contributed by atoms with Crippen molar-refractivity contribution in [3.63, 3.8) is 0 Å². The first-order valence-corrected chi connectivity index (χ1v) is 7.54. The Kier molecular flexibility index (Phi) is 4.93. The molecule has 6 nitrogen and oxygen atoms in total. The molecule has 0 spiro atoms. The summed E-state index contributed by atoms with van der Waals surface area (Å²) in [5.74, 6) is 0.778. The fourth-order valence-electron chi connectivity index (χ4n) is 2.55. The van der Waals surface area contributed by atoms with Gasteiger partial charge >= 0.3 is 0 Å². The SMILES string of the molecule is Cc1c([N+](=O)[O-])cnc(N(C)C2CCCNCC2)c1Br. The lowest BCUT2D eigenvalue weighted by Crippen LogP contribution is -2.33. The van der Waals surface area contributed by atoms with Gasteiger partial charge in [0, 0.05) is 18.7 Å². The predicted octanol–water partition coefficient (Wildman–Crippen LogP) is 2.64. The van der Waals surface area contributed by atoms with Gasteiger partial charge in [-0.2, -0.15) is 0 Å². The third-order valence-electron chi connectivity index (χ3n) is 3.84. The van der Waals surface area contributed by atoms with E-state index < -0.39 is 4.92 Å². The van der Waals surface area contributed by atoms with Crippen LogP contribution in [0.4, 0.5) is 11.5 Å². The van der Waals surface area contributed by atoms with E-state index in [9.17, 15) is 10.1 Å². The monoisotopic (exact) mass is 342 g/mol. The molecule has 0 saturated carbocycles. The maximum Gasteiger partial charge on any atom is 0.291 e. The Bertz CT molecular complexity index is 501. The number of nitro groups is 1.